The molecule has 0 radical (unpaired) electrons. The van der Waals surface area contributed by atoms with Crippen LogP contribution in [0.15, 0.2) is 54.6 Å². The van der Waals surface area contributed by atoms with Gasteiger partial charge in [0.1, 0.15) is 5.82 Å². The first-order valence-electron chi connectivity index (χ1n) is 12.5. The Morgan fingerprint density at radius 1 is 0.912 bits per heavy atom. The van der Waals surface area contributed by atoms with Crippen molar-refractivity contribution in [1.82, 2.24) is 24.5 Å². The first-order valence-corrected chi connectivity index (χ1v) is 12.5. The predicted molar refractivity (Wildman–Crippen MR) is 133 cm³/mol. The van der Waals surface area contributed by atoms with Crippen molar-refractivity contribution >= 4 is 28.4 Å². The number of aromatic nitrogens is 4. The van der Waals surface area contributed by atoms with Gasteiger partial charge in [-0.1, -0.05) is 49.6 Å². The maximum absolute atomic E-state index is 13.1. The Hall–Kier alpha value is -3.48. The van der Waals surface area contributed by atoms with Gasteiger partial charge in [-0.3, -0.25) is 4.79 Å². The number of nitrogens with zero attached hydrogens (tertiary/aromatic N) is 6. The summed E-state index contributed by atoms with van der Waals surface area (Å²) in [6, 6.07) is 17.8. The second kappa shape index (κ2) is 8.70. The van der Waals surface area contributed by atoms with Crippen LogP contribution in [0.4, 0.5) is 5.95 Å². The molecule has 1 saturated carbocycles. The molecule has 0 bridgehead atoms. The number of anilines is 1. The molecule has 1 aliphatic carbocycles. The molecule has 7 nitrogen and oxygen atoms in total. The van der Waals surface area contributed by atoms with Gasteiger partial charge < -0.3 is 9.80 Å². The molecular weight excluding hydrogens is 424 g/mol. The summed E-state index contributed by atoms with van der Waals surface area (Å²) in [5, 5.41) is 10.4. The van der Waals surface area contributed by atoms with E-state index in [0.29, 0.717) is 12.5 Å². The molecule has 1 saturated heterocycles. The summed E-state index contributed by atoms with van der Waals surface area (Å²) in [6.45, 7) is 4.23. The Labute approximate surface area is 199 Å². The number of hydrogen-bond donors (Lipinski definition) is 0. The largest absolute Gasteiger partial charge is 0.338 e. The van der Waals surface area contributed by atoms with Crippen LogP contribution in [0.5, 0.6) is 0 Å². The number of para-hydroxylation sites is 1. The number of rotatable bonds is 3. The van der Waals surface area contributed by atoms with Crippen LogP contribution in [0.1, 0.15) is 61.1 Å². The van der Waals surface area contributed by atoms with E-state index in [4.69, 9.17) is 10.1 Å². The van der Waals surface area contributed by atoms with Crippen LogP contribution < -0.4 is 4.90 Å². The van der Waals surface area contributed by atoms with Crippen LogP contribution in [0, 0.1) is 0 Å². The lowest BCUT2D eigenvalue weighted by Gasteiger charge is -2.40. The Morgan fingerprint density at radius 3 is 2.47 bits per heavy atom. The van der Waals surface area contributed by atoms with E-state index < -0.39 is 0 Å². The molecule has 2 fully saturated rings. The molecule has 0 unspecified atom stereocenters. The van der Waals surface area contributed by atoms with Gasteiger partial charge in [-0.25, -0.2) is 9.38 Å². The first-order chi connectivity index (χ1) is 16.7. The molecule has 0 N–H and O–H groups in total. The Kier molecular flexibility index (Phi) is 5.40. The number of amides is 1. The van der Waals surface area contributed by atoms with E-state index >= 15 is 0 Å². The summed E-state index contributed by atoms with van der Waals surface area (Å²) in [5.74, 6) is 2.46. The molecule has 1 atom stereocenters. The quantitative estimate of drug-likeness (QED) is 0.450. The third-order valence-corrected chi connectivity index (χ3v) is 7.42. The van der Waals surface area contributed by atoms with E-state index in [1.165, 1.54) is 19.3 Å². The van der Waals surface area contributed by atoms with Crippen LogP contribution in [-0.2, 0) is 0 Å². The molecule has 1 aliphatic heterocycles. The number of piperazine rings is 1. The van der Waals surface area contributed by atoms with E-state index in [0.717, 1.165) is 59.8 Å². The van der Waals surface area contributed by atoms with Crippen molar-refractivity contribution in [3.05, 3.63) is 66.0 Å². The standard InChI is InChI=1S/C27H30N6O/c1-19-18-31(16-17-32(19)26(34)21-12-6-3-7-13-21)27-28-23-15-9-8-14-22(23)25-30-29-24(33(25)27)20-10-4-2-5-11-20/h3,6-9,12-15,19-20H,2,4-5,10-11,16-18H2,1H3/t19-/m0/s1. The second-order valence-corrected chi connectivity index (χ2v) is 9.64. The summed E-state index contributed by atoms with van der Waals surface area (Å²) in [5.41, 5.74) is 2.56. The van der Waals surface area contributed by atoms with Crippen molar-refractivity contribution in [3.8, 4) is 0 Å². The fourth-order valence-corrected chi connectivity index (χ4v) is 5.61. The maximum atomic E-state index is 13.1. The molecule has 6 rings (SSSR count). The van der Waals surface area contributed by atoms with Gasteiger partial charge in [0.05, 0.1) is 5.52 Å². The number of carbonyl (C=O) groups is 1. The lowest BCUT2D eigenvalue weighted by molar-refractivity contribution is 0.0673. The molecular formula is C27H30N6O. The highest BCUT2D eigenvalue weighted by molar-refractivity contribution is 5.95. The molecule has 2 aromatic carbocycles. The van der Waals surface area contributed by atoms with Crippen molar-refractivity contribution in [2.24, 2.45) is 0 Å². The van der Waals surface area contributed by atoms with Gasteiger partial charge in [0.25, 0.3) is 5.91 Å². The molecule has 0 spiro atoms. The Bertz CT molecular complexity index is 1330. The Balaban J connectivity index is 1.38. The second-order valence-electron chi connectivity index (χ2n) is 9.64. The molecule has 3 heterocycles. The predicted octanol–water partition coefficient (Wildman–Crippen LogP) is 4.68. The Morgan fingerprint density at radius 2 is 1.68 bits per heavy atom. The lowest BCUT2D eigenvalue weighted by atomic mass is 9.89. The van der Waals surface area contributed by atoms with Crippen LogP contribution in [-0.4, -0.2) is 56.1 Å². The molecule has 174 valence electrons. The highest BCUT2D eigenvalue weighted by atomic mass is 16.2. The number of carbonyl (C=O) groups excluding carboxylic acids is 1. The zero-order chi connectivity index (χ0) is 23.1. The summed E-state index contributed by atoms with van der Waals surface area (Å²) in [4.78, 5) is 22.5. The van der Waals surface area contributed by atoms with Crippen LogP contribution >= 0.6 is 0 Å². The molecule has 1 amide bonds. The van der Waals surface area contributed by atoms with Crippen molar-refractivity contribution in [2.75, 3.05) is 24.5 Å². The zero-order valence-electron chi connectivity index (χ0n) is 19.6. The van der Waals surface area contributed by atoms with E-state index in [9.17, 15) is 4.79 Å². The number of hydrogen-bond acceptors (Lipinski definition) is 5. The zero-order valence-corrected chi connectivity index (χ0v) is 19.6. The topological polar surface area (TPSA) is 66.6 Å². The van der Waals surface area contributed by atoms with Gasteiger partial charge in [0, 0.05) is 42.5 Å². The normalized spacial score (nSPS) is 19.7. The van der Waals surface area contributed by atoms with Crippen LogP contribution in [0.2, 0.25) is 0 Å². The number of fused-ring (bicyclic) bond motifs is 3. The summed E-state index contributed by atoms with van der Waals surface area (Å²) >= 11 is 0. The monoisotopic (exact) mass is 454 g/mol. The van der Waals surface area contributed by atoms with Gasteiger partial charge in [-0.2, -0.15) is 0 Å². The van der Waals surface area contributed by atoms with Crippen LogP contribution in [0.3, 0.4) is 0 Å². The molecule has 34 heavy (non-hydrogen) atoms. The highest BCUT2D eigenvalue weighted by Crippen LogP contribution is 2.35. The average Bonchev–Trinajstić information content (AvgIpc) is 3.34. The minimum Gasteiger partial charge on any atom is -0.338 e. The van der Waals surface area contributed by atoms with Crippen molar-refractivity contribution in [3.63, 3.8) is 0 Å². The van der Waals surface area contributed by atoms with E-state index in [-0.39, 0.29) is 11.9 Å². The molecule has 7 heteroatoms. The molecule has 4 aromatic rings. The maximum Gasteiger partial charge on any atom is 0.254 e. The summed E-state index contributed by atoms with van der Waals surface area (Å²) < 4.78 is 2.21. The fraction of sp³-hybridized carbons (Fsp3) is 0.407. The smallest absolute Gasteiger partial charge is 0.254 e. The summed E-state index contributed by atoms with van der Waals surface area (Å²) in [7, 11) is 0. The van der Waals surface area contributed by atoms with Crippen molar-refractivity contribution in [1.29, 1.82) is 0 Å². The number of benzene rings is 2. The van der Waals surface area contributed by atoms with E-state index in [2.05, 4.69) is 27.4 Å². The molecule has 2 aliphatic rings. The van der Waals surface area contributed by atoms with E-state index in [1.807, 2.05) is 53.4 Å². The third-order valence-electron chi connectivity index (χ3n) is 7.42. The van der Waals surface area contributed by atoms with Gasteiger partial charge in [0.2, 0.25) is 5.95 Å². The minimum absolute atomic E-state index is 0.0689. The van der Waals surface area contributed by atoms with Gasteiger partial charge in [-0.05, 0) is 44.0 Å². The van der Waals surface area contributed by atoms with Gasteiger partial charge in [-0.15, -0.1) is 10.2 Å². The average molecular weight is 455 g/mol. The molecule has 2 aromatic heterocycles. The van der Waals surface area contributed by atoms with Crippen molar-refractivity contribution in [2.45, 2.75) is 51.0 Å². The first kappa shape index (κ1) is 21.1. The van der Waals surface area contributed by atoms with E-state index in [1.54, 1.807) is 0 Å². The fourth-order valence-electron chi connectivity index (χ4n) is 5.61. The SMILES string of the molecule is C[C@H]1CN(c2nc3ccccc3c3nnc(C4CCCCC4)n23)CCN1C(=O)c1ccccc1. The van der Waals surface area contributed by atoms with Gasteiger partial charge >= 0.3 is 0 Å². The summed E-state index contributed by atoms with van der Waals surface area (Å²) in [6.07, 6.45) is 6.10. The minimum atomic E-state index is 0.0689. The lowest BCUT2D eigenvalue weighted by Crippen LogP contribution is -2.54. The van der Waals surface area contributed by atoms with Gasteiger partial charge in [0.15, 0.2) is 5.65 Å². The third kappa shape index (κ3) is 3.59. The van der Waals surface area contributed by atoms with Crippen LogP contribution in [0.25, 0.3) is 16.6 Å². The highest BCUT2D eigenvalue weighted by Gasteiger charge is 2.32. The van der Waals surface area contributed by atoms with Crippen molar-refractivity contribution < 1.29 is 4.79 Å².